The van der Waals surface area contributed by atoms with Crippen molar-refractivity contribution in [3.05, 3.63) is 63.7 Å². The number of carbonyl (C=O) groups is 3. The highest BCUT2D eigenvalue weighted by molar-refractivity contribution is 5.98. The molecule has 9 heteroatoms. The maximum atomic E-state index is 12.2. The standard InChI is InChI=1S/C22H24N2O7/c1-3-13-30-17-9-7-16(8-10-17)19(25)11-12-21(27)31-14-20(26)23-22-15(2)5-4-6-18(22)24(28)29/h4-10H,3,11-14H2,1-2H3,(H,23,26). The second-order valence-electron chi connectivity index (χ2n) is 6.73. The van der Waals surface area contributed by atoms with Crippen LogP contribution in [0.25, 0.3) is 0 Å². The number of ketones is 1. The second kappa shape index (κ2) is 11.4. The van der Waals surface area contributed by atoms with Crippen LogP contribution < -0.4 is 10.1 Å². The van der Waals surface area contributed by atoms with Crippen molar-refractivity contribution in [2.75, 3.05) is 18.5 Å². The molecule has 0 aromatic heterocycles. The van der Waals surface area contributed by atoms with E-state index in [1.54, 1.807) is 37.3 Å². The summed E-state index contributed by atoms with van der Waals surface area (Å²) in [6, 6.07) is 11.0. The second-order valence-corrected chi connectivity index (χ2v) is 6.73. The van der Waals surface area contributed by atoms with Gasteiger partial charge in [-0.05, 0) is 43.2 Å². The number of nitrogens with one attached hydrogen (secondary N) is 1. The molecule has 0 saturated heterocycles. The highest BCUT2D eigenvalue weighted by Crippen LogP contribution is 2.27. The van der Waals surface area contributed by atoms with Crippen LogP contribution in [-0.2, 0) is 14.3 Å². The van der Waals surface area contributed by atoms with Crippen molar-refractivity contribution < 1.29 is 28.8 Å². The molecule has 2 aromatic carbocycles. The van der Waals surface area contributed by atoms with E-state index >= 15 is 0 Å². The Bertz CT molecular complexity index is 955. The predicted molar refractivity (Wildman–Crippen MR) is 113 cm³/mol. The number of Topliss-reactive ketones (excluding diaryl/α,β-unsaturated/α-hetero) is 1. The van der Waals surface area contributed by atoms with Gasteiger partial charge in [0.1, 0.15) is 11.4 Å². The lowest BCUT2D eigenvalue weighted by Crippen LogP contribution is -2.22. The smallest absolute Gasteiger partial charge is 0.306 e. The lowest BCUT2D eigenvalue weighted by atomic mass is 10.1. The number of carbonyl (C=O) groups excluding carboxylic acids is 3. The van der Waals surface area contributed by atoms with Gasteiger partial charge in [0, 0.05) is 18.1 Å². The topological polar surface area (TPSA) is 125 Å². The van der Waals surface area contributed by atoms with Crippen molar-refractivity contribution in [2.45, 2.75) is 33.1 Å². The van der Waals surface area contributed by atoms with E-state index in [1.165, 1.54) is 12.1 Å². The van der Waals surface area contributed by atoms with Crippen LogP contribution in [0, 0.1) is 17.0 Å². The summed E-state index contributed by atoms with van der Waals surface area (Å²) < 4.78 is 10.3. The van der Waals surface area contributed by atoms with Gasteiger partial charge in [-0.15, -0.1) is 0 Å². The van der Waals surface area contributed by atoms with Gasteiger partial charge in [0.25, 0.3) is 11.6 Å². The van der Waals surface area contributed by atoms with E-state index in [1.807, 2.05) is 6.92 Å². The number of hydrogen-bond acceptors (Lipinski definition) is 7. The Kier molecular flexibility index (Phi) is 8.68. The summed E-state index contributed by atoms with van der Waals surface area (Å²) in [5.74, 6) is -0.998. The summed E-state index contributed by atoms with van der Waals surface area (Å²) in [6.45, 7) is 3.59. The molecule has 1 amide bonds. The SMILES string of the molecule is CCCOc1ccc(C(=O)CCC(=O)OCC(=O)Nc2c(C)cccc2[N+](=O)[O-])cc1. The molecule has 0 aliphatic heterocycles. The lowest BCUT2D eigenvalue weighted by molar-refractivity contribution is -0.384. The zero-order valence-corrected chi connectivity index (χ0v) is 17.4. The van der Waals surface area contributed by atoms with E-state index in [-0.39, 0.29) is 30.0 Å². The molecule has 0 atom stereocenters. The number of rotatable bonds is 11. The van der Waals surface area contributed by atoms with Crippen LogP contribution in [0.3, 0.4) is 0 Å². The van der Waals surface area contributed by atoms with Gasteiger partial charge in [0.2, 0.25) is 0 Å². The Labute approximate surface area is 179 Å². The lowest BCUT2D eigenvalue weighted by Gasteiger charge is -2.09. The first-order chi connectivity index (χ1) is 14.8. The van der Waals surface area contributed by atoms with Gasteiger partial charge in [-0.25, -0.2) is 0 Å². The molecule has 0 aliphatic rings. The number of anilines is 1. The molecule has 0 aliphatic carbocycles. The van der Waals surface area contributed by atoms with Gasteiger partial charge in [0.15, 0.2) is 12.4 Å². The number of esters is 1. The summed E-state index contributed by atoms with van der Waals surface area (Å²) >= 11 is 0. The number of ether oxygens (including phenoxy) is 2. The number of aryl methyl sites for hydroxylation is 1. The van der Waals surface area contributed by atoms with Crippen molar-refractivity contribution in [2.24, 2.45) is 0 Å². The Balaban J connectivity index is 1.80. The average Bonchev–Trinajstić information content (AvgIpc) is 2.76. The molecular weight excluding hydrogens is 404 g/mol. The minimum absolute atomic E-state index is 0.0510. The summed E-state index contributed by atoms with van der Waals surface area (Å²) in [6.07, 6.45) is 0.617. The predicted octanol–water partition coefficient (Wildman–Crippen LogP) is 3.84. The monoisotopic (exact) mass is 428 g/mol. The van der Waals surface area contributed by atoms with Crippen LogP contribution in [0.5, 0.6) is 5.75 Å². The van der Waals surface area contributed by atoms with Gasteiger partial charge in [0.05, 0.1) is 18.0 Å². The normalized spacial score (nSPS) is 10.3. The molecule has 0 spiro atoms. The third-order valence-electron chi connectivity index (χ3n) is 4.28. The van der Waals surface area contributed by atoms with Crippen LogP contribution in [0.1, 0.15) is 42.1 Å². The van der Waals surface area contributed by atoms with Crippen molar-refractivity contribution in [3.63, 3.8) is 0 Å². The minimum atomic E-state index is -0.717. The van der Waals surface area contributed by atoms with Crippen molar-refractivity contribution in [1.82, 2.24) is 0 Å². The molecule has 0 bridgehead atoms. The molecular formula is C22H24N2O7. The molecule has 0 heterocycles. The molecule has 164 valence electrons. The van der Waals surface area contributed by atoms with E-state index in [2.05, 4.69) is 5.32 Å². The van der Waals surface area contributed by atoms with Crippen LogP contribution in [0.2, 0.25) is 0 Å². The van der Waals surface area contributed by atoms with Crippen molar-refractivity contribution in [3.8, 4) is 5.75 Å². The van der Waals surface area contributed by atoms with Crippen LogP contribution in [0.4, 0.5) is 11.4 Å². The Morgan fingerprint density at radius 3 is 2.42 bits per heavy atom. The molecule has 2 aromatic rings. The number of hydrogen-bond donors (Lipinski definition) is 1. The fourth-order valence-corrected chi connectivity index (χ4v) is 2.68. The molecule has 1 N–H and O–H groups in total. The molecule has 9 nitrogen and oxygen atoms in total. The van der Waals surface area contributed by atoms with E-state index in [4.69, 9.17) is 9.47 Å². The number of benzene rings is 2. The molecule has 0 radical (unpaired) electrons. The van der Waals surface area contributed by atoms with Gasteiger partial charge >= 0.3 is 5.97 Å². The largest absolute Gasteiger partial charge is 0.494 e. The third-order valence-corrected chi connectivity index (χ3v) is 4.28. The molecule has 0 unspecified atom stereocenters. The van der Waals surface area contributed by atoms with Gasteiger partial charge in [-0.2, -0.15) is 0 Å². The summed E-state index contributed by atoms with van der Waals surface area (Å²) in [4.78, 5) is 46.6. The number of nitro benzene ring substituents is 1. The minimum Gasteiger partial charge on any atom is -0.494 e. The summed E-state index contributed by atoms with van der Waals surface area (Å²) in [7, 11) is 0. The maximum Gasteiger partial charge on any atom is 0.306 e. The van der Waals surface area contributed by atoms with Gasteiger partial charge in [-0.3, -0.25) is 24.5 Å². The summed E-state index contributed by atoms with van der Waals surface area (Å²) in [5, 5.41) is 13.5. The van der Waals surface area contributed by atoms with Crippen LogP contribution in [0.15, 0.2) is 42.5 Å². The fourth-order valence-electron chi connectivity index (χ4n) is 2.68. The third kappa shape index (κ3) is 7.22. The van der Waals surface area contributed by atoms with E-state index in [0.29, 0.717) is 23.5 Å². The zero-order chi connectivity index (χ0) is 22.8. The first kappa shape index (κ1) is 23.5. The van der Waals surface area contributed by atoms with Crippen molar-refractivity contribution >= 4 is 29.0 Å². The quantitative estimate of drug-likeness (QED) is 0.249. The highest BCUT2D eigenvalue weighted by atomic mass is 16.6. The number of amides is 1. The molecule has 31 heavy (non-hydrogen) atoms. The van der Waals surface area contributed by atoms with Crippen LogP contribution >= 0.6 is 0 Å². The first-order valence-corrected chi connectivity index (χ1v) is 9.77. The Morgan fingerprint density at radius 2 is 1.77 bits per heavy atom. The summed E-state index contributed by atoms with van der Waals surface area (Å²) in [5.41, 5.74) is 0.748. The molecule has 2 rings (SSSR count). The Hall–Kier alpha value is -3.75. The Morgan fingerprint density at radius 1 is 1.06 bits per heavy atom. The average molecular weight is 428 g/mol. The van der Waals surface area contributed by atoms with E-state index < -0.39 is 23.4 Å². The molecule has 0 fully saturated rings. The first-order valence-electron chi connectivity index (χ1n) is 9.77. The van der Waals surface area contributed by atoms with E-state index in [0.717, 1.165) is 6.42 Å². The van der Waals surface area contributed by atoms with Crippen molar-refractivity contribution in [1.29, 1.82) is 0 Å². The number of nitro groups is 1. The van der Waals surface area contributed by atoms with Crippen LogP contribution in [-0.4, -0.2) is 35.8 Å². The zero-order valence-electron chi connectivity index (χ0n) is 17.4. The van der Waals surface area contributed by atoms with Gasteiger partial charge in [-0.1, -0.05) is 19.1 Å². The molecule has 0 saturated carbocycles. The van der Waals surface area contributed by atoms with E-state index in [9.17, 15) is 24.5 Å². The maximum absolute atomic E-state index is 12.2. The fraction of sp³-hybridized carbons (Fsp3) is 0.318. The van der Waals surface area contributed by atoms with Gasteiger partial charge < -0.3 is 14.8 Å². The highest BCUT2D eigenvalue weighted by Gasteiger charge is 2.18. The number of para-hydroxylation sites is 1. The number of nitrogens with zero attached hydrogens (tertiary/aromatic N) is 1.